The summed E-state index contributed by atoms with van der Waals surface area (Å²) >= 11 is 0. The average molecular weight is 324 g/mol. The van der Waals surface area contributed by atoms with Crippen LogP contribution in [0.3, 0.4) is 0 Å². The molecule has 0 aromatic heterocycles. The van der Waals surface area contributed by atoms with Gasteiger partial charge in [0.15, 0.2) is 11.9 Å². The number of hydrogen-bond donors (Lipinski definition) is 0. The Morgan fingerprint density at radius 1 is 0.917 bits per heavy atom. The maximum Gasteiger partial charge on any atom is 0.339 e. The molecule has 2 atom stereocenters. The molecule has 0 unspecified atom stereocenters. The van der Waals surface area contributed by atoms with Crippen molar-refractivity contribution in [1.82, 2.24) is 0 Å². The van der Waals surface area contributed by atoms with Gasteiger partial charge < -0.3 is 9.47 Å². The summed E-state index contributed by atoms with van der Waals surface area (Å²) < 4.78 is 10.7. The fraction of sp³-hybridized carbons (Fsp3) is 0.211. The highest BCUT2D eigenvalue weighted by Crippen LogP contribution is 2.36. The van der Waals surface area contributed by atoms with Crippen molar-refractivity contribution in [3.63, 3.8) is 0 Å². The number of rotatable bonds is 4. The third-order valence-electron chi connectivity index (χ3n) is 4.11. The summed E-state index contributed by atoms with van der Waals surface area (Å²) in [6.45, 7) is 1.47. The Morgan fingerprint density at radius 2 is 1.42 bits per heavy atom. The van der Waals surface area contributed by atoms with Crippen LogP contribution in [-0.2, 0) is 14.3 Å². The lowest BCUT2D eigenvalue weighted by atomic mass is 9.76. The van der Waals surface area contributed by atoms with Crippen LogP contribution in [-0.4, -0.2) is 29.4 Å². The summed E-state index contributed by atoms with van der Waals surface area (Å²) in [5.41, 5.74) is -0.725. The number of hydrogen-bond acceptors (Lipinski definition) is 5. The van der Waals surface area contributed by atoms with E-state index in [2.05, 4.69) is 0 Å². The topological polar surface area (TPSA) is 69.7 Å². The molecule has 1 fully saturated rings. The van der Waals surface area contributed by atoms with E-state index in [1.807, 2.05) is 0 Å². The van der Waals surface area contributed by atoms with E-state index in [0.29, 0.717) is 11.1 Å². The molecule has 1 saturated carbocycles. The molecule has 0 radical (unpaired) electrons. The molecule has 0 aliphatic heterocycles. The van der Waals surface area contributed by atoms with Crippen LogP contribution in [0.1, 0.15) is 34.1 Å². The maximum atomic E-state index is 12.2. The van der Waals surface area contributed by atoms with Gasteiger partial charge in [-0.3, -0.25) is 4.79 Å². The summed E-state index contributed by atoms with van der Waals surface area (Å²) in [6.07, 6.45) is -0.748. The van der Waals surface area contributed by atoms with Gasteiger partial charge in [-0.15, -0.1) is 0 Å². The largest absolute Gasteiger partial charge is 0.454 e. The van der Waals surface area contributed by atoms with Gasteiger partial charge in [0.1, 0.15) is 0 Å². The molecule has 24 heavy (non-hydrogen) atoms. The van der Waals surface area contributed by atoms with E-state index in [1.165, 1.54) is 6.92 Å². The molecule has 122 valence electrons. The van der Waals surface area contributed by atoms with Crippen LogP contribution in [0.15, 0.2) is 60.7 Å². The highest BCUT2D eigenvalue weighted by atomic mass is 16.6. The highest BCUT2D eigenvalue weighted by molar-refractivity contribution is 6.00. The summed E-state index contributed by atoms with van der Waals surface area (Å²) in [5.74, 6) is -1.43. The van der Waals surface area contributed by atoms with Crippen LogP contribution in [0.5, 0.6) is 0 Å². The summed E-state index contributed by atoms with van der Waals surface area (Å²) in [7, 11) is 0. The smallest absolute Gasteiger partial charge is 0.339 e. The minimum atomic E-state index is -1.45. The van der Waals surface area contributed by atoms with Crippen LogP contribution < -0.4 is 0 Å². The lowest BCUT2D eigenvalue weighted by molar-refractivity contribution is -0.173. The lowest BCUT2D eigenvalue weighted by Crippen LogP contribution is -2.62. The summed E-state index contributed by atoms with van der Waals surface area (Å²) in [4.78, 5) is 36.3. The van der Waals surface area contributed by atoms with Crippen LogP contribution in [0.25, 0.3) is 0 Å². The van der Waals surface area contributed by atoms with Gasteiger partial charge in [0, 0.05) is 0 Å². The van der Waals surface area contributed by atoms with Crippen LogP contribution in [0.2, 0.25) is 0 Å². The van der Waals surface area contributed by atoms with Gasteiger partial charge >= 0.3 is 11.9 Å². The van der Waals surface area contributed by atoms with Gasteiger partial charge in [-0.25, -0.2) is 9.59 Å². The van der Waals surface area contributed by atoms with E-state index in [9.17, 15) is 14.4 Å². The molecule has 0 amide bonds. The van der Waals surface area contributed by atoms with Crippen molar-refractivity contribution >= 4 is 17.7 Å². The molecule has 0 spiro atoms. The number of Topliss-reactive ketones (excluding diaryl/α,β-unsaturated/α-hetero) is 1. The second kappa shape index (κ2) is 6.28. The van der Waals surface area contributed by atoms with Gasteiger partial charge in [-0.1, -0.05) is 36.4 Å². The van der Waals surface area contributed by atoms with Gasteiger partial charge in [-0.05, 0) is 31.2 Å². The quantitative estimate of drug-likeness (QED) is 0.809. The minimum Gasteiger partial charge on any atom is -0.454 e. The molecule has 0 saturated heterocycles. The predicted molar refractivity (Wildman–Crippen MR) is 85.5 cm³/mol. The van der Waals surface area contributed by atoms with Gasteiger partial charge in [-0.2, -0.15) is 0 Å². The number of carbonyl (C=O) groups excluding carboxylic acids is 3. The maximum absolute atomic E-state index is 12.2. The van der Waals surface area contributed by atoms with Crippen molar-refractivity contribution < 1.29 is 23.9 Å². The third-order valence-corrected chi connectivity index (χ3v) is 4.11. The molecular weight excluding hydrogens is 308 g/mol. The van der Waals surface area contributed by atoms with Crippen molar-refractivity contribution in [3.05, 3.63) is 71.8 Å². The Balaban J connectivity index is 1.70. The standard InChI is InChI=1S/C19H16O5/c1-19(24-18(22)14-10-6-3-7-11-14)15(20)12-16(19)23-17(21)13-8-4-2-5-9-13/h2-11,16H,12H2,1H3/t16-,19-/m1/s1. The molecule has 0 bridgehead atoms. The Bertz CT molecular complexity index is 769. The number of benzene rings is 2. The first-order valence-corrected chi connectivity index (χ1v) is 7.58. The van der Waals surface area contributed by atoms with Crippen molar-refractivity contribution in [1.29, 1.82) is 0 Å². The molecule has 0 heterocycles. The summed E-state index contributed by atoms with van der Waals surface area (Å²) in [6, 6.07) is 16.8. The third kappa shape index (κ3) is 2.93. The van der Waals surface area contributed by atoms with Crippen LogP contribution in [0.4, 0.5) is 0 Å². The average Bonchev–Trinajstić information content (AvgIpc) is 2.62. The molecule has 1 aliphatic rings. The Labute approximate surface area is 139 Å². The second-order valence-corrected chi connectivity index (χ2v) is 5.75. The van der Waals surface area contributed by atoms with E-state index in [4.69, 9.17) is 9.47 Å². The first-order valence-electron chi connectivity index (χ1n) is 7.58. The fourth-order valence-electron chi connectivity index (χ4n) is 2.49. The lowest BCUT2D eigenvalue weighted by Gasteiger charge is -2.42. The van der Waals surface area contributed by atoms with Crippen molar-refractivity contribution in [2.45, 2.75) is 25.0 Å². The molecule has 0 N–H and O–H groups in total. The normalized spacial score (nSPS) is 22.4. The number of carbonyl (C=O) groups is 3. The van der Waals surface area contributed by atoms with E-state index >= 15 is 0 Å². The van der Waals surface area contributed by atoms with Gasteiger partial charge in [0.2, 0.25) is 5.60 Å². The van der Waals surface area contributed by atoms with Gasteiger partial charge in [0.05, 0.1) is 17.5 Å². The number of ether oxygens (including phenoxy) is 2. The van der Waals surface area contributed by atoms with Crippen molar-refractivity contribution in [3.8, 4) is 0 Å². The Hall–Kier alpha value is -2.95. The molecule has 1 aliphatic carbocycles. The van der Waals surface area contributed by atoms with E-state index < -0.39 is 23.6 Å². The predicted octanol–water partition coefficient (Wildman–Crippen LogP) is 2.80. The zero-order valence-electron chi connectivity index (χ0n) is 13.1. The molecule has 5 nitrogen and oxygen atoms in total. The zero-order chi connectivity index (χ0) is 17.2. The Kier molecular flexibility index (Phi) is 4.16. The molecule has 2 aromatic rings. The zero-order valence-corrected chi connectivity index (χ0v) is 13.1. The van der Waals surface area contributed by atoms with E-state index in [1.54, 1.807) is 60.7 Å². The SMILES string of the molecule is C[C@@]1(OC(=O)c2ccccc2)C(=O)C[C@H]1OC(=O)c1ccccc1. The van der Waals surface area contributed by atoms with E-state index in [0.717, 1.165) is 0 Å². The fourth-order valence-corrected chi connectivity index (χ4v) is 2.49. The van der Waals surface area contributed by atoms with Crippen molar-refractivity contribution in [2.75, 3.05) is 0 Å². The van der Waals surface area contributed by atoms with Crippen LogP contribution >= 0.6 is 0 Å². The Morgan fingerprint density at radius 3 is 1.92 bits per heavy atom. The second-order valence-electron chi connectivity index (χ2n) is 5.75. The highest BCUT2D eigenvalue weighted by Gasteiger charge is 2.57. The first-order chi connectivity index (χ1) is 11.5. The monoisotopic (exact) mass is 324 g/mol. The van der Waals surface area contributed by atoms with Crippen LogP contribution in [0, 0.1) is 0 Å². The molecule has 5 heteroatoms. The molecule has 3 rings (SSSR count). The first kappa shape index (κ1) is 15.9. The van der Waals surface area contributed by atoms with Gasteiger partial charge in [0.25, 0.3) is 0 Å². The summed E-state index contributed by atoms with van der Waals surface area (Å²) in [5, 5.41) is 0. The number of esters is 2. The van der Waals surface area contributed by atoms with Crippen molar-refractivity contribution in [2.24, 2.45) is 0 Å². The molecule has 2 aromatic carbocycles. The minimum absolute atomic E-state index is 0.0388. The molecular formula is C19H16O5. The van der Waals surface area contributed by atoms with E-state index in [-0.39, 0.29) is 12.2 Å². The number of ketones is 1.